The van der Waals surface area contributed by atoms with Gasteiger partial charge >= 0.3 is 0 Å². The van der Waals surface area contributed by atoms with E-state index in [4.69, 9.17) is 4.74 Å². The largest absolute Gasteiger partial charge is 0.383 e. The van der Waals surface area contributed by atoms with Crippen molar-refractivity contribution in [2.24, 2.45) is 0 Å². The first-order valence-corrected chi connectivity index (χ1v) is 9.27. The summed E-state index contributed by atoms with van der Waals surface area (Å²) in [7, 11) is -1.25. The van der Waals surface area contributed by atoms with Crippen molar-refractivity contribution in [1.82, 2.24) is 5.32 Å². The third-order valence-corrected chi connectivity index (χ3v) is 5.34. The number of hydrogen-bond donors (Lipinski definition) is 1. The van der Waals surface area contributed by atoms with Gasteiger partial charge in [-0.2, -0.15) is 0 Å². The maximum atomic E-state index is 11.7. The lowest BCUT2D eigenvalue weighted by atomic mass is 9.95. The summed E-state index contributed by atoms with van der Waals surface area (Å²) in [4.78, 5) is 0. The molecule has 5 heteroatoms. The predicted octanol–water partition coefficient (Wildman–Crippen LogP) is 2.14. The van der Waals surface area contributed by atoms with Crippen LogP contribution < -0.4 is 5.32 Å². The van der Waals surface area contributed by atoms with Gasteiger partial charge in [-0.3, -0.25) is 0 Å². The number of sulfone groups is 1. The molecule has 1 aromatic rings. The molecule has 0 heterocycles. The van der Waals surface area contributed by atoms with E-state index in [9.17, 15) is 8.42 Å². The van der Waals surface area contributed by atoms with Gasteiger partial charge in [-0.15, -0.1) is 0 Å². The number of ether oxygens (including phenoxy) is 1. The van der Waals surface area contributed by atoms with Crippen molar-refractivity contribution >= 4 is 9.84 Å². The molecule has 0 aliphatic heterocycles. The monoisotopic (exact) mass is 313 g/mol. The summed E-state index contributed by atoms with van der Waals surface area (Å²) >= 11 is 0. The number of methoxy groups -OCH3 is 1. The Morgan fingerprint density at radius 2 is 2.10 bits per heavy atom. The molecule has 1 rings (SSSR count). The molecular weight excluding hydrogens is 286 g/mol. The van der Waals surface area contributed by atoms with Crippen molar-refractivity contribution in [3.05, 3.63) is 35.4 Å². The SMILES string of the molecule is CCS(=O)(=O)CCC(CNCCOC)c1cccc(C)c1. The minimum Gasteiger partial charge on any atom is -0.383 e. The number of rotatable bonds is 10. The molecule has 4 nitrogen and oxygen atoms in total. The van der Waals surface area contributed by atoms with Crippen LogP contribution in [0, 0.1) is 6.92 Å². The molecule has 120 valence electrons. The zero-order valence-electron chi connectivity index (χ0n) is 13.3. The van der Waals surface area contributed by atoms with Crippen LogP contribution in [0.2, 0.25) is 0 Å². The molecule has 0 radical (unpaired) electrons. The normalized spacial score (nSPS) is 13.3. The van der Waals surface area contributed by atoms with E-state index in [1.165, 1.54) is 11.1 Å². The van der Waals surface area contributed by atoms with Crippen LogP contribution in [0.25, 0.3) is 0 Å². The Bertz CT molecular complexity index is 514. The molecule has 0 bridgehead atoms. The standard InChI is InChI=1S/C16H27NO3S/c1-4-21(18,19)11-8-16(13-17-9-10-20-3)15-7-5-6-14(2)12-15/h5-7,12,16-17H,4,8-11,13H2,1-3H3. The minimum atomic E-state index is -2.92. The van der Waals surface area contributed by atoms with Crippen LogP contribution in [0.1, 0.15) is 30.4 Å². The zero-order chi connectivity index (χ0) is 15.7. The van der Waals surface area contributed by atoms with Crippen molar-refractivity contribution in [1.29, 1.82) is 0 Å². The highest BCUT2D eigenvalue weighted by molar-refractivity contribution is 7.91. The van der Waals surface area contributed by atoms with Gasteiger partial charge in [-0.1, -0.05) is 36.8 Å². The van der Waals surface area contributed by atoms with Crippen LogP contribution in [-0.4, -0.2) is 46.7 Å². The number of hydrogen-bond acceptors (Lipinski definition) is 4. The maximum absolute atomic E-state index is 11.7. The molecule has 0 aromatic heterocycles. The van der Waals surface area contributed by atoms with Crippen LogP contribution in [0.15, 0.2) is 24.3 Å². The molecule has 1 N–H and O–H groups in total. The van der Waals surface area contributed by atoms with Crippen molar-refractivity contribution < 1.29 is 13.2 Å². The molecule has 0 spiro atoms. The summed E-state index contributed by atoms with van der Waals surface area (Å²) < 4.78 is 28.5. The van der Waals surface area contributed by atoms with Gasteiger partial charge in [0.25, 0.3) is 0 Å². The summed E-state index contributed by atoms with van der Waals surface area (Å²) in [5.74, 6) is 0.668. The topological polar surface area (TPSA) is 55.4 Å². The van der Waals surface area contributed by atoms with Crippen molar-refractivity contribution in [2.75, 3.05) is 38.3 Å². The molecule has 1 unspecified atom stereocenters. The van der Waals surface area contributed by atoms with Crippen LogP contribution in [0.4, 0.5) is 0 Å². The molecule has 21 heavy (non-hydrogen) atoms. The molecule has 1 aromatic carbocycles. The Labute approximate surface area is 128 Å². The molecule has 0 saturated heterocycles. The van der Waals surface area contributed by atoms with Crippen LogP contribution in [0.5, 0.6) is 0 Å². The fraction of sp³-hybridized carbons (Fsp3) is 0.625. The second-order valence-corrected chi connectivity index (χ2v) is 7.81. The van der Waals surface area contributed by atoms with Gasteiger partial charge in [0.15, 0.2) is 0 Å². The first kappa shape index (κ1) is 18.1. The van der Waals surface area contributed by atoms with Gasteiger partial charge in [0.05, 0.1) is 12.4 Å². The lowest BCUT2D eigenvalue weighted by Crippen LogP contribution is -2.26. The summed E-state index contributed by atoms with van der Waals surface area (Å²) in [6, 6.07) is 8.30. The molecule has 0 aliphatic carbocycles. The van der Waals surface area contributed by atoms with E-state index in [1.54, 1.807) is 14.0 Å². The van der Waals surface area contributed by atoms with Gasteiger partial charge < -0.3 is 10.1 Å². The van der Waals surface area contributed by atoms with E-state index in [2.05, 4.69) is 30.4 Å². The molecule has 1 atom stereocenters. The van der Waals surface area contributed by atoms with Crippen molar-refractivity contribution in [3.63, 3.8) is 0 Å². The first-order chi connectivity index (χ1) is 9.98. The van der Waals surface area contributed by atoms with Gasteiger partial charge in [0.2, 0.25) is 0 Å². The Balaban J connectivity index is 2.70. The third kappa shape index (κ3) is 7.07. The highest BCUT2D eigenvalue weighted by Crippen LogP contribution is 2.21. The van der Waals surface area contributed by atoms with Crippen LogP contribution in [0.3, 0.4) is 0 Å². The van der Waals surface area contributed by atoms with E-state index in [-0.39, 0.29) is 17.4 Å². The second-order valence-electron chi connectivity index (χ2n) is 5.33. The predicted molar refractivity (Wildman–Crippen MR) is 87.6 cm³/mol. The summed E-state index contributed by atoms with van der Waals surface area (Å²) in [5.41, 5.74) is 2.40. The summed E-state index contributed by atoms with van der Waals surface area (Å²) in [6.07, 6.45) is 0.652. The van der Waals surface area contributed by atoms with E-state index < -0.39 is 9.84 Å². The highest BCUT2D eigenvalue weighted by atomic mass is 32.2. The van der Waals surface area contributed by atoms with Crippen molar-refractivity contribution in [3.8, 4) is 0 Å². The molecular formula is C16H27NO3S. The van der Waals surface area contributed by atoms with Crippen LogP contribution in [-0.2, 0) is 14.6 Å². The Kier molecular flexibility index (Phi) is 7.93. The average molecular weight is 313 g/mol. The first-order valence-electron chi connectivity index (χ1n) is 7.45. The maximum Gasteiger partial charge on any atom is 0.150 e. The van der Waals surface area contributed by atoms with E-state index >= 15 is 0 Å². The number of nitrogens with one attached hydrogen (secondary N) is 1. The Hall–Kier alpha value is -0.910. The molecule has 0 amide bonds. The number of benzene rings is 1. The molecule has 0 fully saturated rings. The van der Waals surface area contributed by atoms with Gasteiger partial charge in [0, 0.05) is 26.0 Å². The number of aryl methyl sites for hydroxylation is 1. The summed E-state index contributed by atoms with van der Waals surface area (Å²) in [6.45, 7) is 5.97. The Morgan fingerprint density at radius 3 is 2.71 bits per heavy atom. The third-order valence-electron chi connectivity index (χ3n) is 3.60. The smallest absolute Gasteiger partial charge is 0.150 e. The minimum absolute atomic E-state index is 0.211. The van der Waals surface area contributed by atoms with Crippen molar-refractivity contribution in [2.45, 2.75) is 26.2 Å². The fourth-order valence-electron chi connectivity index (χ4n) is 2.23. The quantitative estimate of drug-likeness (QED) is 0.672. The van der Waals surface area contributed by atoms with E-state index in [1.807, 2.05) is 6.07 Å². The lowest BCUT2D eigenvalue weighted by molar-refractivity contribution is 0.199. The van der Waals surface area contributed by atoms with Gasteiger partial charge in [-0.25, -0.2) is 8.42 Å². The van der Waals surface area contributed by atoms with Gasteiger partial charge in [0.1, 0.15) is 9.84 Å². The molecule has 0 saturated carbocycles. The Morgan fingerprint density at radius 1 is 1.33 bits per heavy atom. The fourth-order valence-corrected chi connectivity index (χ4v) is 3.16. The lowest BCUT2D eigenvalue weighted by Gasteiger charge is -2.18. The van der Waals surface area contributed by atoms with Crippen LogP contribution >= 0.6 is 0 Å². The van der Waals surface area contributed by atoms with E-state index in [0.29, 0.717) is 13.0 Å². The second kappa shape index (κ2) is 9.18. The summed E-state index contributed by atoms with van der Waals surface area (Å²) in [5, 5.41) is 3.34. The van der Waals surface area contributed by atoms with Gasteiger partial charge in [-0.05, 0) is 24.8 Å². The molecule has 0 aliphatic rings. The van der Waals surface area contributed by atoms with E-state index in [0.717, 1.165) is 13.1 Å². The average Bonchev–Trinajstić information content (AvgIpc) is 2.46. The zero-order valence-corrected chi connectivity index (χ0v) is 14.1. The highest BCUT2D eigenvalue weighted by Gasteiger charge is 2.16.